The van der Waals surface area contributed by atoms with Gasteiger partial charge in [0.25, 0.3) is 0 Å². The summed E-state index contributed by atoms with van der Waals surface area (Å²) in [5.41, 5.74) is 3.17. The van der Waals surface area contributed by atoms with Gasteiger partial charge in [0, 0.05) is 17.8 Å². The summed E-state index contributed by atoms with van der Waals surface area (Å²) in [6, 6.07) is 5.21. The predicted molar refractivity (Wildman–Crippen MR) is 71.0 cm³/mol. The van der Waals surface area contributed by atoms with Crippen LogP contribution in [0.3, 0.4) is 0 Å². The van der Waals surface area contributed by atoms with E-state index in [4.69, 9.17) is 0 Å². The monoisotopic (exact) mass is 262 g/mol. The van der Waals surface area contributed by atoms with Crippen LogP contribution in [-0.2, 0) is 0 Å². The second-order valence-electron chi connectivity index (χ2n) is 4.60. The lowest BCUT2D eigenvalue weighted by Crippen LogP contribution is -2.21. The van der Waals surface area contributed by atoms with E-state index in [0.29, 0.717) is 5.56 Å². The second kappa shape index (κ2) is 5.45. The largest absolute Gasteiger partial charge is 0.308 e. The number of benzene rings is 1. The van der Waals surface area contributed by atoms with Gasteiger partial charge in [-0.1, -0.05) is 12.1 Å². The van der Waals surface area contributed by atoms with Crippen molar-refractivity contribution >= 4 is 0 Å². The predicted octanol–water partition coefficient (Wildman–Crippen LogP) is 3.29. The van der Waals surface area contributed by atoms with Crippen molar-refractivity contribution < 1.29 is 8.78 Å². The fourth-order valence-electron chi connectivity index (χ4n) is 2.20. The molecular weight excluding hydrogens is 246 g/mol. The fraction of sp³-hybridized carbons (Fsp3) is 0.267. The third-order valence-corrected chi connectivity index (χ3v) is 3.09. The van der Waals surface area contributed by atoms with E-state index < -0.39 is 11.6 Å². The van der Waals surface area contributed by atoms with E-state index in [1.165, 1.54) is 12.1 Å². The summed E-state index contributed by atoms with van der Waals surface area (Å²) in [6.07, 6.45) is 1.74. The van der Waals surface area contributed by atoms with Crippen LogP contribution in [0.5, 0.6) is 0 Å². The molecule has 100 valence electrons. The van der Waals surface area contributed by atoms with Crippen molar-refractivity contribution in [1.82, 2.24) is 10.3 Å². The smallest absolute Gasteiger partial charge is 0.131 e. The maximum absolute atomic E-state index is 13.9. The lowest BCUT2D eigenvalue weighted by atomic mass is 9.99. The highest BCUT2D eigenvalue weighted by Crippen LogP contribution is 2.25. The van der Waals surface area contributed by atoms with Gasteiger partial charge in [0.1, 0.15) is 11.6 Å². The highest BCUT2D eigenvalue weighted by Gasteiger charge is 2.19. The average Bonchev–Trinajstić information content (AvgIpc) is 2.34. The van der Waals surface area contributed by atoms with Crippen LogP contribution in [0.15, 0.2) is 30.5 Å². The zero-order valence-electron chi connectivity index (χ0n) is 11.2. The first-order chi connectivity index (χ1) is 9.02. The summed E-state index contributed by atoms with van der Waals surface area (Å²) >= 11 is 0. The minimum absolute atomic E-state index is 0.388. The van der Waals surface area contributed by atoms with E-state index in [1.807, 2.05) is 19.9 Å². The number of aromatic nitrogens is 1. The summed E-state index contributed by atoms with van der Waals surface area (Å²) in [5.74, 6) is -1.15. The molecule has 4 heteroatoms. The van der Waals surface area contributed by atoms with Crippen molar-refractivity contribution in [2.75, 3.05) is 7.05 Å². The van der Waals surface area contributed by atoms with E-state index in [1.54, 1.807) is 13.2 Å². The van der Waals surface area contributed by atoms with Crippen LogP contribution in [0.4, 0.5) is 8.78 Å². The van der Waals surface area contributed by atoms with Crippen molar-refractivity contribution in [3.8, 4) is 0 Å². The molecule has 0 aliphatic rings. The molecule has 1 N–H and O–H groups in total. The molecule has 0 aliphatic carbocycles. The average molecular weight is 262 g/mol. The third-order valence-electron chi connectivity index (χ3n) is 3.09. The number of hydrogen-bond acceptors (Lipinski definition) is 2. The van der Waals surface area contributed by atoms with E-state index in [-0.39, 0.29) is 6.04 Å². The van der Waals surface area contributed by atoms with Gasteiger partial charge in [-0.3, -0.25) is 4.98 Å². The third kappa shape index (κ3) is 2.79. The lowest BCUT2D eigenvalue weighted by molar-refractivity contribution is 0.547. The zero-order chi connectivity index (χ0) is 14.0. The van der Waals surface area contributed by atoms with Gasteiger partial charge in [0.05, 0.1) is 11.7 Å². The Hall–Kier alpha value is -1.81. The first-order valence-electron chi connectivity index (χ1n) is 6.08. The van der Waals surface area contributed by atoms with Gasteiger partial charge in [0.2, 0.25) is 0 Å². The van der Waals surface area contributed by atoms with E-state index in [9.17, 15) is 8.78 Å². The number of rotatable bonds is 3. The van der Waals surface area contributed by atoms with Gasteiger partial charge >= 0.3 is 0 Å². The normalized spacial score (nSPS) is 12.5. The number of aryl methyl sites for hydroxylation is 2. The van der Waals surface area contributed by atoms with Crippen LogP contribution in [0.2, 0.25) is 0 Å². The minimum Gasteiger partial charge on any atom is -0.308 e. The van der Waals surface area contributed by atoms with Crippen LogP contribution >= 0.6 is 0 Å². The van der Waals surface area contributed by atoms with Crippen LogP contribution in [-0.4, -0.2) is 12.0 Å². The van der Waals surface area contributed by atoms with Crippen molar-refractivity contribution in [3.05, 3.63) is 64.5 Å². The first kappa shape index (κ1) is 13.6. The molecule has 2 rings (SSSR count). The van der Waals surface area contributed by atoms with E-state index >= 15 is 0 Å². The van der Waals surface area contributed by atoms with Crippen molar-refractivity contribution in [3.63, 3.8) is 0 Å². The molecule has 1 unspecified atom stereocenters. The molecule has 0 saturated heterocycles. The number of nitrogens with zero attached hydrogens (tertiary/aromatic N) is 1. The highest BCUT2D eigenvalue weighted by molar-refractivity contribution is 5.34. The minimum atomic E-state index is -0.579. The van der Waals surface area contributed by atoms with E-state index in [0.717, 1.165) is 22.9 Å². The van der Waals surface area contributed by atoms with Crippen LogP contribution in [0, 0.1) is 25.5 Å². The SMILES string of the molecule is CNC(c1ccc(F)cc1F)c1ncc(C)cc1C. The molecule has 1 heterocycles. The Morgan fingerprint density at radius 1 is 1.16 bits per heavy atom. The van der Waals surface area contributed by atoms with Gasteiger partial charge in [-0.25, -0.2) is 8.78 Å². The Bertz CT molecular complexity index is 545. The van der Waals surface area contributed by atoms with Crippen molar-refractivity contribution in [1.29, 1.82) is 0 Å². The maximum atomic E-state index is 13.9. The van der Waals surface area contributed by atoms with Crippen LogP contribution in [0.25, 0.3) is 0 Å². The molecule has 0 fully saturated rings. The van der Waals surface area contributed by atoms with Gasteiger partial charge in [-0.05, 0) is 38.1 Å². The van der Waals surface area contributed by atoms with Crippen molar-refractivity contribution in [2.24, 2.45) is 0 Å². The number of pyridine rings is 1. The molecule has 2 aromatic rings. The van der Waals surface area contributed by atoms with Crippen LogP contribution < -0.4 is 5.32 Å². The fourth-order valence-corrected chi connectivity index (χ4v) is 2.20. The Morgan fingerprint density at radius 3 is 2.47 bits per heavy atom. The maximum Gasteiger partial charge on any atom is 0.131 e. The summed E-state index contributed by atoms with van der Waals surface area (Å²) < 4.78 is 26.8. The van der Waals surface area contributed by atoms with Gasteiger partial charge in [-0.2, -0.15) is 0 Å². The molecule has 0 bridgehead atoms. The summed E-state index contributed by atoms with van der Waals surface area (Å²) in [4.78, 5) is 4.37. The van der Waals surface area contributed by atoms with E-state index in [2.05, 4.69) is 10.3 Å². The molecule has 0 aliphatic heterocycles. The highest BCUT2D eigenvalue weighted by atomic mass is 19.1. The summed E-state index contributed by atoms with van der Waals surface area (Å²) in [5, 5.41) is 3.03. The Labute approximate surface area is 111 Å². The zero-order valence-corrected chi connectivity index (χ0v) is 11.2. The van der Waals surface area contributed by atoms with Crippen molar-refractivity contribution in [2.45, 2.75) is 19.9 Å². The molecule has 1 aromatic heterocycles. The molecule has 0 saturated carbocycles. The van der Waals surface area contributed by atoms with Crippen LogP contribution in [0.1, 0.15) is 28.4 Å². The Balaban J connectivity index is 2.50. The molecule has 0 amide bonds. The quantitative estimate of drug-likeness (QED) is 0.918. The number of nitrogens with one attached hydrogen (secondary N) is 1. The van der Waals surface area contributed by atoms with Gasteiger partial charge in [-0.15, -0.1) is 0 Å². The number of halogens is 2. The molecule has 0 radical (unpaired) electrons. The molecular formula is C15H16F2N2. The molecule has 1 atom stereocenters. The molecule has 0 spiro atoms. The molecule has 19 heavy (non-hydrogen) atoms. The summed E-state index contributed by atoms with van der Waals surface area (Å²) in [6.45, 7) is 3.89. The van der Waals surface area contributed by atoms with Gasteiger partial charge in [0.15, 0.2) is 0 Å². The summed E-state index contributed by atoms with van der Waals surface area (Å²) in [7, 11) is 1.73. The Kier molecular flexibility index (Phi) is 3.90. The number of hydrogen-bond donors (Lipinski definition) is 1. The first-order valence-corrected chi connectivity index (χ1v) is 6.08. The second-order valence-corrected chi connectivity index (χ2v) is 4.60. The molecule has 1 aromatic carbocycles. The standard InChI is InChI=1S/C15H16F2N2/c1-9-6-10(2)14(19-8-9)15(18-3)12-5-4-11(16)7-13(12)17/h4-8,15,18H,1-3H3. The molecule has 2 nitrogen and oxygen atoms in total. The lowest BCUT2D eigenvalue weighted by Gasteiger charge is -2.19. The topological polar surface area (TPSA) is 24.9 Å². The van der Waals surface area contributed by atoms with Gasteiger partial charge < -0.3 is 5.32 Å². The Morgan fingerprint density at radius 2 is 1.89 bits per heavy atom.